The lowest BCUT2D eigenvalue weighted by atomic mass is 10.1. The van der Waals surface area contributed by atoms with Gasteiger partial charge in [0.1, 0.15) is 0 Å². The highest BCUT2D eigenvalue weighted by molar-refractivity contribution is 5.84. The van der Waals surface area contributed by atoms with Crippen molar-refractivity contribution in [2.24, 2.45) is 11.0 Å². The molecule has 1 aliphatic rings. The third-order valence-corrected chi connectivity index (χ3v) is 3.36. The van der Waals surface area contributed by atoms with Gasteiger partial charge in [0.25, 0.3) is 0 Å². The maximum Gasteiger partial charge on any atom is 0.243 e. The van der Waals surface area contributed by atoms with Crippen LogP contribution in [-0.4, -0.2) is 17.1 Å². The van der Waals surface area contributed by atoms with Gasteiger partial charge in [-0.1, -0.05) is 30.3 Å². The highest BCUT2D eigenvalue weighted by atomic mass is 16.2. The summed E-state index contributed by atoms with van der Waals surface area (Å²) >= 11 is 0. The van der Waals surface area contributed by atoms with E-state index in [1.54, 1.807) is 6.21 Å². The number of hydrogen-bond acceptors (Lipinski definition) is 2. The Bertz CT molecular complexity index is 575. The summed E-state index contributed by atoms with van der Waals surface area (Å²) in [6, 6.07) is 13.9. The van der Waals surface area contributed by atoms with Crippen LogP contribution in [0.2, 0.25) is 0 Å². The number of aromatic nitrogens is 1. The van der Waals surface area contributed by atoms with Gasteiger partial charge < -0.3 is 4.98 Å². The van der Waals surface area contributed by atoms with Crippen molar-refractivity contribution in [3.8, 4) is 0 Å². The van der Waals surface area contributed by atoms with E-state index < -0.39 is 0 Å². The number of amides is 1. The van der Waals surface area contributed by atoms with Crippen LogP contribution >= 0.6 is 0 Å². The maximum atomic E-state index is 11.9. The standard InChI is InChI=1S/C15H15N3O/c19-15(18-17-10-12-7-4-8-16-12)14-9-13(14)11-5-2-1-3-6-11/h1-8,10,13-14,16H,9H2,(H,18,19)/b17-10-/t13-,14+/m1/s1. The first kappa shape index (κ1) is 11.7. The zero-order valence-corrected chi connectivity index (χ0v) is 10.4. The Morgan fingerprint density at radius 1 is 1.26 bits per heavy atom. The molecule has 1 aliphatic carbocycles. The van der Waals surface area contributed by atoms with Gasteiger partial charge in [-0.25, -0.2) is 5.43 Å². The molecule has 0 unspecified atom stereocenters. The van der Waals surface area contributed by atoms with Gasteiger partial charge in [0.05, 0.1) is 11.9 Å². The van der Waals surface area contributed by atoms with Gasteiger partial charge in [0, 0.05) is 12.1 Å². The predicted molar refractivity (Wildman–Crippen MR) is 73.8 cm³/mol. The minimum absolute atomic E-state index is 0.00309. The Kier molecular flexibility index (Phi) is 3.14. The Labute approximate surface area is 111 Å². The molecular weight excluding hydrogens is 238 g/mol. The molecule has 1 amide bonds. The van der Waals surface area contributed by atoms with E-state index in [2.05, 4.69) is 27.6 Å². The van der Waals surface area contributed by atoms with E-state index in [1.165, 1.54) is 5.56 Å². The number of carbonyl (C=O) groups is 1. The molecule has 1 heterocycles. The first-order chi connectivity index (χ1) is 9.34. The summed E-state index contributed by atoms with van der Waals surface area (Å²) in [5.41, 5.74) is 4.70. The minimum Gasteiger partial charge on any atom is -0.360 e. The molecule has 4 heteroatoms. The summed E-state index contributed by atoms with van der Waals surface area (Å²) in [6.07, 6.45) is 4.33. The smallest absolute Gasteiger partial charge is 0.243 e. The second-order valence-corrected chi connectivity index (χ2v) is 4.72. The third kappa shape index (κ3) is 2.73. The van der Waals surface area contributed by atoms with Crippen molar-refractivity contribution in [1.82, 2.24) is 10.4 Å². The van der Waals surface area contributed by atoms with Crippen LogP contribution in [0.5, 0.6) is 0 Å². The lowest BCUT2D eigenvalue weighted by molar-refractivity contribution is -0.122. The Morgan fingerprint density at radius 3 is 2.84 bits per heavy atom. The summed E-state index contributed by atoms with van der Waals surface area (Å²) in [6.45, 7) is 0. The average molecular weight is 253 g/mol. The minimum atomic E-state index is -0.00309. The summed E-state index contributed by atoms with van der Waals surface area (Å²) in [4.78, 5) is 14.9. The maximum absolute atomic E-state index is 11.9. The molecule has 1 fully saturated rings. The number of hydrazone groups is 1. The van der Waals surface area contributed by atoms with Crippen molar-refractivity contribution in [3.05, 3.63) is 59.9 Å². The largest absolute Gasteiger partial charge is 0.360 e. The number of nitrogens with one attached hydrogen (secondary N) is 2. The monoisotopic (exact) mass is 253 g/mol. The molecule has 4 nitrogen and oxygen atoms in total. The molecule has 2 atom stereocenters. The second-order valence-electron chi connectivity index (χ2n) is 4.72. The van der Waals surface area contributed by atoms with E-state index in [1.807, 2.05) is 36.5 Å². The number of benzene rings is 1. The number of carbonyl (C=O) groups excluding carboxylic acids is 1. The molecule has 0 aliphatic heterocycles. The van der Waals surface area contributed by atoms with Crippen LogP contribution in [0.4, 0.5) is 0 Å². The van der Waals surface area contributed by atoms with Gasteiger partial charge >= 0.3 is 0 Å². The molecular formula is C15H15N3O. The molecule has 2 aromatic rings. The third-order valence-electron chi connectivity index (χ3n) is 3.36. The van der Waals surface area contributed by atoms with Crippen molar-refractivity contribution in [2.75, 3.05) is 0 Å². The quantitative estimate of drug-likeness (QED) is 0.637. The fraction of sp³-hybridized carbons (Fsp3) is 0.200. The topological polar surface area (TPSA) is 57.2 Å². The molecule has 0 bridgehead atoms. The van der Waals surface area contributed by atoms with Crippen molar-refractivity contribution < 1.29 is 4.79 Å². The summed E-state index contributed by atoms with van der Waals surface area (Å²) < 4.78 is 0. The zero-order chi connectivity index (χ0) is 13.1. The summed E-state index contributed by atoms with van der Waals surface area (Å²) in [5, 5.41) is 3.95. The van der Waals surface area contributed by atoms with E-state index in [0.717, 1.165) is 12.1 Å². The van der Waals surface area contributed by atoms with Crippen molar-refractivity contribution in [3.63, 3.8) is 0 Å². The molecule has 3 rings (SSSR count). The zero-order valence-electron chi connectivity index (χ0n) is 10.4. The van der Waals surface area contributed by atoms with Crippen LogP contribution in [0.3, 0.4) is 0 Å². The van der Waals surface area contributed by atoms with Crippen molar-refractivity contribution in [1.29, 1.82) is 0 Å². The Balaban J connectivity index is 1.53. The molecule has 1 saturated carbocycles. The number of rotatable bonds is 4. The van der Waals surface area contributed by atoms with Crippen LogP contribution in [0.25, 0.3) is 0 Å². The highest BCUT2D eigenvalue weighted by Gasteiger charge is 2.43. The summed E-state index contributed by atoms with van der Waals surface area (Å²) in [5.74, 6) is 0.404. The molecule has 2 N–H and O–H groups in total. The van der Waals surface area contributed by atoms with Gasteiger partial charge in [-0.05, 0) is 30.0 Å². The van der Waals surface area contributed by atoms with Gasteiger partial charge in [-0.15, -0.1) is 0 Å². The fourth-order valence-corrected chi connectivity index (χ4v) is 2.23. The van der Waals surface area contributed by atoms with E-state index in [9.17, 15) is 4.79 Å². The average Bonchev–Trinajstić information content (AvgIpc) is 3.09. The van der Waals surface area contributed by atoms with E-state index in [0.29, 0.717) is 5.92 Å². The SMILES string of the molecule is O=C(N/N=C\c1ccc[nH]1)[C@H]1C[C@@H]1c1ccccc1. The molecule has 1 aromatic carbocycles. The molecule has 19 heavy (non-hydrogen) atoms. The lowest BCUT2D eigenvalue weighted by Gasteiger charge is -1.99. The van der Waals surface area contributed by atoms with Gasteiger partial charge in [0.2, 0.25) is 5.91 Å². The van der Waals surface area contributed by atoms with Gasteiger partial charge in [0.15, 0.2) is 0 Å². The first-order valence-electron chi connectivity index (χ1n) is 6.36. The van der Waals surface area contributed by atoms with E-state index in [-0.39, 0.29) is 11.8 Å². The summed E-state index contributed by atoms with van der Waals surface area (Å²) in [7, 11) is 0. The van der Waals surface area contributed by atoms with Gasteiger partial charge in [-0.3, -0.25) is 4.79 Å². The van der Waals surface area contributed by atoms with Crippen molar-refractivity contribution >= 4 is 12.1 Å². The molecule has 1 aromatic heterocycles. The van der Waals surface area contributed by atoms with Gasteiger partial charge in [-0.2, -0.15) is 5.10 Å². The molecule has 0 spiro atoms. The number of H-pyrrole nitrogens is 1. The number of aromatic amines is 1. The molecule has 0 saturated heterocycles. The van der Waals surface area contributed by atoms with Crippen molar-refractivity contribution in [2.45, 2.75) is 12.3 Å². The van der Waals surface area contributed by atoms with E-state index in [4.69, 9.17) is 0 Å². The number of hydrogen-bond donors (Lipinski definition) is 2. The molecule has 96 valence electrons. The highest BCUT2D eigenvalue weighted by Crippen LogP contribution is 2.47. The van der Waals surface area contributed by atoms with Crippen LogP contribution < -0.4 is 5.43 Å². The fourth-order valence-electron chi connectivity index (χ4n) is 2.23. The predicted octanol–water partition coefficient (Wildman–Crippen LogP) is 2.27. The van der Waals surface area contributed by atoms with Crippen LogP contribution in [0.1, 0.15) is 23.6 Å². The first-order valence-corrected chi connectivity index (χ1v) is 6.36. The molecule has 0 radical (unpaired) electrons. The van der Waals surface area contributed by atoms with E-state index >= 15 is 0 Å². The Morgan fingerprint density at radius 2 is 2.11 bits per heavy atom. The van der Waals surface area contributed by atoms with Crippen LogP contribution in [0, 0.1) is 5.92 Å². The van der Waals surface area contributed by atoms with Crippen LogP contribution in [-0.2, 0) is 4.79 Å². The lowest BCUT2D eigenvalue weighted by Crippen LogP contribution is -2.20. The normalized spacial score (nSPS) is 21.5. The number of nitrogens with zero attached hydrogens (tertiary/aromatic N) is 1. The second kappa shape index (κ2) is 5.10. The Hall–Kier alpha value is -2.36. The van der Waals surface area contributed by atoms with Crippen LogP contribution in [0.15, 0.2) is 53.8 Å².